The SMILES string of the molecule is CC(C)N(C)C(=O)c1ccc(C(F)(F)F)cc1[N+](=O)[O-]. The minimum Gasteiger partial charge on any atom is -0.339 e. The van der Waals surface area contributed by atoms with E-state index in [0.29, 0.717) is 12.1 Å². The van der Waals surface area contributed by atoms with E-state index >= 15 is 0 Å². The Hall–Kier alpha value is -2.12. The lowest BCUT2D eigenvalue weighted by Gasteiger charge is -2.21. The van der Waals surface area contributed by atoms with Gasteiger partial charge in [-0.2, -0.15) is 13.2 Å². The summed E-state index contributed by atoms with van der Waals surface area (Å²) in [5.41, 5.74) is -2.37. The first-order valence-electron chi connectivity index (χ1n) is 5.68. The van der Waals surface area contributed by atoms with Crippen LogP contribution in [0.15, 0.2) is 18.2 Å². The highest BCUT2D eigenvalue weighted by Crippen LogP contribution is 2.33. The molecule has 8 heteroatoms. The molecule has 1 aromatic rings. The fraction of sp³-hybridized carbons (Fsp3) is 0.417. The van der Waals surface area contributed by atoms with Crippen LogP contribution >= 0.6 is 0 Å². The van der Waals surface area contributed by atoms with Crippen LogP contribution in [0.4, 0.5) is 18.9 Å². The van der Waals surface area contributed by atoms with Gasteiger partial charge in [-0.05, 0) is 26.0 Å². The molecule has 0 heterocycles. The first-order valence-corrected chi connectivity index (χ1v) is 5.68. The Morgan fingerprint density at radius 1 is 1.35 bits per heavy atom. The second-order valence-corrected chi connectivity index (χ2v) is 4.50. The molecular weight excluding hydrogens is 277 g/mol. The molecule has 0 saturated heterocycles. The van der Waals surface area contributed by atoms with Gasteiger partial charge in [0.05, 0.1) is 10.5 Å². The van der Waals surface area contributed by atoms with Crippen LogP contribution in [0, 0.1) is 10.1 Å². The molecule has 110 valence electrons. The van der Waals surface area contributed by atoms with Gasteiger partial charge in [-0.3, -0.25) is 14.9 Å². The largest absolute Gasteiger partial charge is 0.416 e. The Morgan fingerprint density at radius 2 is 1.90 bits per heavy atom. The lowest BCUT2D eigenvalue weighted by atomic mass is 10.1. The second-order valence-electron chi connectivity index (χ2n) is 4.50. The molecule has 0 aliphatic heterocycles. The molecule has 1 amide bonds. The van der Waals surface area contributed by atoms with Crippen molar-refractivity contribution in [2.24, 2.45) is 0 Å². The van der Waals surface area contributed by atoms with Crippen LogP contribution in [0.25, 0.3) is 0 Å². The number of hydrogen-bond acceptors (Lipinski definition) is 3. The zero-order chi connectivity index (χ0) is 15.7. The lowest BCUT2D eigenvalue weighted by Crippen LogP contribution is -2.33. The highest BCUT2D eigenvalue weighted by Gasteiger charge is 2.34. The van der Waals surface area contributed by atoms with Gasteiger partial charge in [-0.1, -0.05) is 0 Å². The molecule has 1 aromatic carbocycles. The number of nitro groups is 1. The smallest absolute Gasteiger partial charge is 0.339 e. The summed E-state index contributed by atoms with van der Waals surface area (Å²) in [6.07, 6.45) is -4.70. The van der Waals surface area contributed by atoms with Crippen molar-refractivity contribution in [3.05, 3.63) is 39.4 Å². The standard InChI is InChI=1S/C12H13F3N2O3/c1-7(2)16(3)11(18)9-5-4-8(12(13,14)15)6-10(9)17(19)20/h4-7H,1-3H3. The number of carbonyl (C=O) groups is 1. The molecule has 0 fully saturated rings. The summed E-state index contributed by atoms with van der Waals surface area (Å²) in [4.78, 5) is 23.1. The van der Waals surface area contributed by atoms with E-state index in [1.165, 1.54) is 11.9 Å². The fourth-order valence-electron chi connectivity index (χ4n) is 1.46. The summed E-state index contributed by atoms with van der Waals surface area (Å²) in [5.74, 6) is -0.694. The average Bonchev–Trinajstić information content (AvgIpc) is 2.34. The zero-order valence-corrected chi connectivity index (χ0v) is 11.1. The van der Waals surface area contributed by atoms with Crippen molar-refractivity contribution in [1.29, 1.82) is 0 Å². The molecule has 0 N–H and O–H groups in total. The van der Waals surface area contributed by atoms with Gasteiger partial charge in [0.15, 0.2) is 0 Å². The van der Waals surface area contributed by atoms with Crippen LogP contribution in [-0.4, -0.2) is 28.8 Å². The zero-order valence-electron chi connectivity index (χ0n) is 11.1. The molecule has 0 saturated carbocycles. The molecule has 0 unspecified atom stereocenters. The molecule has 0 aromatic heterocycles. The summed E-state index contributed by atoms with van der Waals surface area (Å²) in [5, 5.41) is 10.9. The highest BCUT2D eigenvalue weighted by molar-refractivity contribution is 5.98. The summed E-state index contributed by atoms with van der Waals surface area (Å²) >= 11 is 0. The number of carbonyl (C=O) groups excluding carboxylic acids is 1. The third kappa shape index (κ3) is 3.25. The Morgan fingerprint density at radius 3 is 2.30 bits per heavy atom. The minimum atomic E-state index is -4.70. The quantitative estimate of drug-likeness (QED) is 0.634. The number of hydrogen-bond donors (Lipinski definition) is 0. The molecule has 1 rings (SSSR count). The van der Waals surface area contributed by atoms with Gasteiger partial charge < -0.3 is 4.90 Å². The van der Waals surface area contributed by atoms with Gasteiger partial charge in [0, 0.05) is 19.2 Å². The van der Waals surface area contributed by atoms with E-state index in [4.69, 9.17) is 0 Å². The summed E-state index contributed by atoms with van der Waals surface area (Å²) in [7, 11) is 1.42. The van der Waals surface area contributed by atoms with Gasteiger partial charge in [-0.25, -0.2) is 0 Å². The third-order valence-corrected chi connectivity index (χ3v) is 2.85. The molecule has 0 spiro atoms. The predicted molar refractivity (Wildman–Crippen MR) is 65.3 cm³/mol. The molecular formula is C12H13F3N2O3. The molecule has 20 heavy (non-hydrogen) atoms. The van der Waals surface area contributed by atoms with Crippen molar-refractivity contribution < 1.29 is 22.9 Å². The fourth-order valence-corrected chi connectivity index (χ4v) is 1.46. The van der Waals surface area contributed by atoms with Crippen LogP contribution in [0.5, 0.6) is 0 Å². The Labute approximate surface area is 113 Å². The highest BCUT2D eigenvalue weighted by atomic mass is 19.4. The van der Waals surface area contributed by atoms with E-state index in [1.807, 2.05) is 0 Å². The van der Waals surface area contributed by atoms with Crippen molar-refractivity contribution in [3.8, 4) is 0 Å². The van der Waals surface area contributed by atoms with Gasteiger partial charge in [0.25, 0.3) is 11.6 Å². The molecule has 0 bridgehead atoms. The van der Waals surface area contributed by atoms with Gasteiger partial charge in [-0.15, -0.1) is 0 Å². The number of nitro benzene ring substituents is 1. The molecule has 5 nitrogen and oxygen atoms in total. The van der Waals surface area contributed by atoms with E-state index in [1.54, 1.807) is 13.8 Å². The first kappa shape index (κ1) is 15.9. The summed E-state index contributed by atoms with van der Waals surface area (Å²) < 4.78 is 37.6. The Balaban J connectivity index is 3.35. The monoisotopic (exact) mass is 290 g/mol. The van der Waals surface area contributed by atoms with Gasteiger partial charge in [0.2, 0.25) is 0 Å². The van der Waals surface area contributed by atoms with Crippen molar-refractivity contribution in [1.82, 2.24) is 4.90 Å². The maximum atomic E-state index is 12.5. The summed E-state index contributed by atoms with van der Waals surface area (Å²) in [6.45, 7) is 3.38. The van der Waals surface area contributed by atoms with Crippen molar-refractivity contribution in [3.63, 3.8) is 0 Å². The van der Waals surface area contributed by atoms with Gasteiger partial charge >= 0.3 is 6.18 Å². The van der Waals surface area contributed by atoms with Gasteiger partial charge in [0.1, 0.15) is 5.56 Å². The normalized spacial score (nSPS) is 11.6. The average molecular weight is 290 g/mol. The van der Waals surface area contributed by atoms with E-state index in [-0.39, 0.29) is 11.6 Å². The van der Waals surface area contributed by atoms with Crippen LogP contribution in [0.1, 0.15) is 29.8 Å². The molecule has 0 aliphatic rings. The number of halogens is 3. The lowest BCUT2D eigenvalue weighted by molar-refractivity contribution is -0.385. The minimum absolute atomic E-state index is 0.232. The van der Waals surface area contributed by atoms with Crippen molar-refractivity contribution in [2.75, 3.05) is 7.05 Å². The molecule has 0 aliphatic carbocycles. The topological polar surface area (TPSA) is 63.5 Å². The predicted octanol–water partition coefficient (Wildman–Crippen LogP) is 3.09. The maximum Gasteiger partial charge on any atom is 0.416 e. The third-order valence-electron chi connectivity index (χ3n) is 2.85. The number of alkyl halides is 3. The van der Waals surface area contributed by atoms with Crippen molar-refractivity contribution >= 4 is 11.6 Å². The number of rotatable bonds is 3. The number of amides is 1. The summed E-state index contributed by atoms with van der Waals surface area (Å²) in [6, 6.07) is 1.64. The van der Waals surface area contributed by atoms with E-state index in [2.05, 4.69) is 0 Å². The van der Waals surface area contributed by atoms with Crippen LogP contribution in [0.3, 0.4) is 0 Å². The van der Waals surface area contributed by atoms with E-state index in [0.717, 1.165) is 6.07 Å². The molecule has 0 radical (unpaired) electrons. The van der Waals surface area contributed by atoms with Crippen LogP contribution in [0.2, 0.25) is 0 Å². The Kier molecular flexibility index (Phi) is 4.36. The first-order chi connectivity index (χ1) is 9.05. The van der Waals surface area contributed by atoms with Crippen molar-refractivity contribution in [2.45, 2.75) is 26.1 Å². The van der Waals surface area contributed by atoms with Crippen LogP contribution in [-0.2, 0) is 6.18 Å². The molecule has 0 atom stereocenters. The second kappa shape index (κ2) is 5.48. The number of nitrogens with zero attached hydrogens (tertiary/aromatic N) is 2. The van der Waals surface area contributed by atoms with E-state index < -0.39 is 28.3 Å². The number of benzene rings is 1. The Bertz CT molecular complexity index is 541. The van der Waals surface area contributed by atoms with Crippen LogP contribution < -0.4 is 0 Å². The van der Waals surface area contributed by atoms with E-state index in [9.17, 15) is 28.1 Å². The maximum absolute atomic E-state index is 12.5.